The van der Waals surface area contributed by atoms with Crippen LogP contribution in [0.15, 0.2) is 48.7 Å². The van der Waals surface area contributed by atoms with Crippen LogP contribution in [0.25, 0.3) is 0 Å². The van der Waals surface area contributed by atoms with Gasteiger partial charge in [-0.3, -0.25) is 9.52 Å². The lowest BCUT2D eigenvalue weighted by molar-refractivity contribution is -0.129. The van der Waals surface area contributed by atoms with Crippen molar-refractivity contribution in [1.29, 1.82) is 0 Å². The van der Waals surface area contributed by atoms with Gasteiger partial charge >= 0.3 is 0 Å². The number of pyridine rings is 1. The van der Waals surface area contributed by atoms with E-state index in [-0.39, 0.29) is 11.7 Å². The fraction of sp³-hybridized carbons (Fsp3) is 0.368. The van der Waals surface area contributed by atoms with Crippen LogP contribution in [0.4, 0.5) is 11.5 Å². The molecule has 1 N–H and O–H groups in total. The van der Waals surface area contributed by atoms with Crippen molar-refractivity contribution in [1.82, 2.24) is 9.88 Å². The maximum atomic E-state index is 12.3. The van der Waals surface area contributed by atoms with Crippen LogP contribution in [0.2, 0.25) is 0 Å². The Labute approximate surface area is 160 Å². The number of nitrogens with zero attached hydrogens (tertiary/aromatic N) is 3. The fourth-order valence-corrected chi connectivity index (χ4v) is 4.07. The molecular weight excluding hydrogens is 364 g/mol. The monoisotopic (exact) mass is 388 g/mol. The molecule has 0 unspecified atom stereocenters. The molecule has 144 valence electrons. The van der Waals surface area contributed by atoms with Crippen LogP contribution in [0.5, 0.6) is 0 Å². The topological polar surface area (TPSA) is 82.6 Å². The van der Waals surface area contributed by atoms with E-state index in [1.54, 1.807) is 19.2 Å². The van der Waals surface area contributed by atoms with Gasteiger partial charge in [0, 0.05) is 33.1 Å². The molecule has 1 amide bonds. The Hall–Kier alpha value is -2.61. The van der Waals surface area contributed by atoms with Crippen LogP contribution in [0.1, 0.15) is 12.5 Å². The summed E-state index contributed by atoms with van der Waals surface area (Å²) in [5.41, 5.74) is 1.90. The number of benzene rings is 1. The molecule has 3 rings (SSSR count). The molecule has 1 saturated heterocycles. The third kappa shape index (κ3) is 5.43. The van der Waals surface area contributed by atoms with E-state index in [2.05, 4.69) is 14.6 Å². The molecule has 1 aliphatic rings. The third-order valence-corrected chi connectivity index (χ3v) is 5.86. The van der Waals surface area contributed by atoms with Crippen molar-refractivity contribution in [2.75, 3.05) is 41.6 Å². The van der Waals surface area contributed by atoms with E-state index in [0.717, 1.165) is 24.3 Å². The van der Waals surface area contributed by atoms with Crippen LogP contribution in [0.3, 0.4) is 0 Å². The Morgan fingerprint density at radius 2 is 1.78 bits per heavy atom. The van der Waals surface area contributed by atoms with Gasteiger partial charge in [-0.2, -0.15) is 0 Å². The largest absolute Gasteiger partial charge is 0.367 e. The second-order valence-corrected chi connectivity index (χ2v) is 8.39. The summed E-state index contributed by atoms with van der Waals surface area (Å²) in [5, 5.41) is 0. The lowest BCUT2D eigenvalue weighted by atomic mass is 10.2. The number of nitrogens with one attached hydrogen (secondary N) is 1. The minimum absolute atomic E-state index is 0.00739. The third-order valence-electron chi connectivity index (χ3n) is 4.60. The predicted octanol–water partition coefficient (Wildman–Crippen LogP) is 1.73. The highest BCUT2D eigenvalue weighted by Gasteiger charge is 2.19. The molecular formula is C19H24N4O3S. The fourth-order valence-electron chi connectivity index (χ4n) is 3.02. The number of amides is 1. The second-order valence-electron chi connectivity index (χ2n) is 6.55. The Bertz CT molecular complexity index is 862. The maximum Gasteiger partial charge on any atom is 0.234 e. The number of aryl methyl sites for hydroxylation is 1. The minimum Gasteiger partial charge on any atom is -0.367 e. The summed E-state index contributed by atoms with van der Waals surface area (Å²) in [7, 11) is -3.46. The number of hydrogen-bond donors (Lipinski definition) is 1. The van der Waals surface area contributed by atoms with Gasteiger partial charge < -0.3 is 9.80 Å². The lowest BCUT2D eigenvalue weighted by Gasteiger charge is -2.35. The highest BCUT2D eigenvalue weighted by Crippen LogP contribution is 2.18. The van der Waals surface area contributed by atoms with Gasteiger partial charge in [-0.05, 0) is 24.1 Å². The van der Waals surface area contributed by atoms with Gasteiger partial charge in [0.2, 0.25) is 15.9 Å². The molecule has 2 heterocycles. The maximum absolute atomic E-state index is 12.3. The van der Waals surface area contributed by atoms with Gasteiger partial charge in [0.05, 0.1) is 17.6 Å². The zero-order valence-electron chi connectivity index (χ0n) is 15.3. The molecule has 0 aliphatic carbocycles. The quantitative estimate of drug-likeness (QED) is 0.815. The minimum atomic E-state index is -3.46. The van der Waals surface area contributed by atoms with Gasteiger partial charge in [-0.25, -0.2) is 13.4 Å². The number of hydrogen-bond acceptors (Lipinski definition) is 5. The van der Waals surface area contributed by atoms with E-state index < -0.39 is 10.0 Å². The molecule has 0 spiro atoms. The van der Waals surface area contributed by atoms with E-state index in [0.29, 0.717) is 25.3 Å². The Morgan fingerprint density at radius 1 is 1.07 bits per heavy atom. The number of piperazine rings is 1. The number of carbonyl (C=O) groups is 1. The Kier molecular flexibility index (Phi) is 5.95. The van der Waals surface area contributed by atoms with E-state index in [4.69, 9.17) is 0 Å². The van der Waals surface area contributed by atoms with Gasteiger partial charge in [0.25, 0.3) is 0 Å². The number of rotatable bonds is 6. The molecule has 0 saturated carbocycles. The average molecular weight is 388 g/mol. The summed E-state index contributed by atoms with van der Waals surface area (Å²) in [6.07, 6.45) is 2.12. The SMILES string of the molecule is CC(=O)N1CCN(c2ccc(NS(=O)(=O)CCc3ccccc3)nc2)CC1. The smallest absolute Gasteiger partial charge is 0.234 e. The number of sulfonamides is 1. The van der Waals surface area contributed by atoms with Gasteiger partial charge in [0.15, 0.2) is 0 Å². The zero-order chi connectivity index (χ0) is 19.3. The van der Waals surface area contributed by atoms with Crippen molar-refractivity contribution < 1.29 is 13.2 Å². The summed E-state index contributed by atoms with van der Waals surface area (Å²) < 4.78 is 27.1. The van der Waals surface area contributed by atoms with Gasteiger partial charge in [-0.1, -0.05) is 30.3 Å². The Balaban J connectivity index is 1.55. The van der Waals surface area contributed by atoms with Gasteiger partial charge in [0.1, 0.15) is 5.82 Å². The van der Waals surface area contributed by atoms with Crippen molar-refractivity contribution in [2.45, 2.75) is 13.3 Å². The summed E-state index contributed by atoms with van der Waals surface area (Å²) >= 11 is 0. The molecule has 0 atom stereocenters. The number of aromatic nitrogens is 1. The van der Waals surface area contributed by atoms with Crippen molar-refractivity contribution >= 4 is 27.4 Å². The molecule has 1 aromatic heterocycles. The van der Waals surface area contributed by atoms with Crippen molar-refractivity contribution in [3.63, 3.8) is 0 Å². The molecule has 27 heavy (non-hydrogen) atoms. The molecule has 7 nitrogen and oxygen atoms in total. The normalized spacial score (nSPS) is 14.9. The Morgan fingerprint density at radius 3 is 2.37 bits per heavy atom. The molecule has 0 bridgehead atoms. The molecule has 0 radical (unpaired) electrons. The first-order chi connectivity index (χ1) is 12.9. The number of carbonyl (C=O) groups excluding carboxylic acids is 1. The van der Waals surface area contributed by atoms with Crippen LogP contribution < -0.4 is 9.62 Å². The molecule has 2 aromatic rings. The first-order valence-corrected chi connectivity index (χ1v) is 10.6. The average Bonchev–Trinajstić information content (AvgIpc) is 2.68. The highest BCUT2D eigenvalue weighted by atomic mass is 32.2. The molecule has 8 heteroatoms. The van der Waals surface area contributed by atoms with Crippen LogP contribution in [0, 0.1) is 0 Å². The summed E-state index contributed by atoms with van der Waals surface area (Å²) in [4.78, 5) is 19.6. The van der Waals surface area contributed by atoms with E-state index in [1.807, 2.05) is 41.3 Å². The first kappa shape index (κ1) is 19.2. The van der Waals surface area contributed by atoms with Crippen molar-refractivity contribution in [3.05, 3.63) is 54.2 Å². The van der Waals surface area contributed by atoms with Crippen LogP contribution in [-0.4, -0.2) is 56.1 Å². The standard InChI is InChI=1S/C19H24N4O3S/c1-16(24)22-10-12-23(13-11-22)18-7-8-19(20-15-18)21-27(25,26)14-9-17-5-3-2-4-6-17/h2-8,15H,9-14H2,1H3,(H,20,21). The first-order valence-electron chi connectivity index (χ1n) is 8.94. The molecule has 1 fully saturated rings. The van der Waals surface area contributed by atoms with E-state index in [9.17, 15) is 13.2 Å². The van der Waals surface area contributed by atoms with Crippen molar-refractivity contribution in [2.24, 2.45) is 0 Å². The second kappa shape index (κ2) is 8.39. The van der Waals surface area contributed by atoms with E-state index >= 15 is 0 Å². The summed E-state index contributed by atoms with van der Waals surface area (Å²) in [6.45, 7) is 4.43. The highest BCUT2D eigenvalue weighted by molar-refractivity contribution is 7.92. The summed E-state index contributed by atoms with van der Waals surface area (Å²) in [5.74, 6) is 0.412. The van der Waals surface area contributed by atoms with Crippen molar-refractivity contribution in [3.8, 4) is 0 Å². The molecule has 1 aliphatic heterocycles. The number of anilines is 2. The zero-order valence-corrected chi connectivity index (χ0v) is 16.2. The van der Waals surface area contributed by atoms with E-state index in [1.165, 1.54) is 0 Å². The van der Waals surface area contributed by atoms with Crippen LogP contribution in [-0.2, 0) is 21.2 Å². The van der Waals surface area contributed by atoms with Crippen LogP contribution >= 0.6 is 0 Å². The lowest BCUT2D eigenvalue weighted by Crippen LogP contribution is -2.48. The summed E-state index contributed by atoms with van der Waals surface area (Å²) in [6, 6.07) is 13.0. The van der Waals surface area contributed by atoms with Gasteiger partial charge in [-0.15, -0.1) is 0 Å². The predicted molar refractivity (Wildman–Crippen MR) is 106 cm³/mol. The molecule has 1 aromatic carbocycles.